The molecule has 106 valence electrons. The van der Waals surface area contributed by atoms with E-state index in [1.54, 1.807) is 11.8 Å². The second-order valence-electron chi connectivity index (χ2n) is 4.98. The Labute approximate surface area is 123 Å². The molecule has 0 amide bonds. The summed E-state index contributed by atoms with van der Waals surface area (Å²) in [6, 6.07) is 7.36. The van der Waals surface area contributed by atoms with Crippen molar-refractivity contribution < 1.29 is 9.53 Å². The van der Waals surface area contributed by atoms with Crippen molar-refractivity contribution in [1.82, 2.24) is 9.78 Å². The summed E-state index contributed by atoms with van der Waals surface area (Å²) in [6.45, 7) is 4.16. The third-order valence-corrected chi connectivity index (χ3v) is 3.34. The number of aromatic nitrogens is 2. The number of hydrogen-bond acceptors (Lipinski definition) is 3. The molecule has 1 heterocycles. The van der Waals surface area contributed by atoms with E-state index in [1.807, 2.05) is 24.3 Å². The minimum Gasteiger partial charge on any atom is -0.497 e. The van der Waals surface area contributed by atoms with Crippen molar-refractivity contribution in [3.05, 3.63) is 40.7 Å². The molecule has 0 radical (unpaired) electrons. The molecule has 0 spiro atoms. The summed E-state index contributed by atoms with van der Waals surface area (Å²) in [7, 11) is 1.61. The molecule has 4 nitrogen and oxygen atoms in total. The van der Waals surface area contributed by atoms with Gasteiger partial charge in [-0.25, -0.2) is 4.68 Å². The molecule has 0 N–H and O–H groups in total. The van der Waals surface area contributed by atoms with Gasteiger partial charge < -0.3 is 4.74 Å². The van der Waals surface area contributed by atoms with E-state index in [0.29, 0.717) is 16.6 Å². The fourth-order valence-electron chi connectivity index (χ4n) is 2.00. The van der Waals surface area contributed by atoms with Gasteiger partial charge in [-0.3, -0.25) is 4.79 Å². The van der Waals surface area contributed by atoms with Crippen molar-refractivity contribution in [2.45, 2.75) is 20.3 Å². The zero-order chi connectivity index (χ0) is 14.7. The number of benzene rings is 1. The number of nitrogens with zero attached hydrogens (tertiary/aromatic N) is 2. The predicted octanol–water partition coefficient (Wildman–Crippen LogP) is 3.55. The van der Waals surface area contributed by atoms with Gasteiger partial charge in [-0.15, -0.1) is 0 Å². The monoisotopic (exact) mass is 292 g/mol. The van der Waals surface area contributed by atoms with Crippen LogP contribution in [0, 0.1) is 5.92 Å². The van der Waals surface area contributed by atoms with Crippen LogP contribution >= 0.6 is 11.6 Å². The lowest BCUT2D eigenvalue weighted by atomic mass is 10.1. The molecular formula is C15H17ClN2O2. The van der Waals surface area contributed by atoms with Crippen molar-refractivity contribution in [3.8, 4) is 11.4 Å². The van der Waals surface area contributed by atoms with E-state index in [-0.39, 0.29) is 0 Å². The molecule has 0 atom stereocenters. The third-order valence-electron chi connectivity index (χ3n) is 2.98. The maximum Gasteiger partial charge on any atom is 0.155 e. The molecule has 1 aromatic heterocycles. The molecule has 20 heavy (non-hydrogen) atoms. The summed E-state index contributed by atoms with van der Waals surface area (Å²) in [5.41, 5.74) is 2.00. The first-order valence-electron chi connectivity index (χ1n) is 6.43. The lowest BCUT2D eigenvalue weighted by molar-refractivity contribution is 0.112. The van der Waals surface area contributed by atoms with Crippen molar-refractivity contribution in [3.63, 3.8) is 0 Å². The van der Waals surface area contributed by atoms with Crippen LogP contribution in [0.2, 0.25) is 5.15 Å². The Morgan fingerprint density at radius 1 is 1.35 bits per heavy atom. The minimum atomic E-state index is 0.348. The first-order valence-corrected chi connectivity index (χ1v) is 6.81. The molecule has 2 rings (SSSR count). The standard InChI is InChI=1S/C15H17ClN2O2/c1-10(2)8-14-13(9-19)15(16)18(17-14)11-4-6-12(20-3)7-5-11/h4-7,9-10H,8H2,1-3H3. The van der Waals surface area contributed by atoms with Crippen molar-refractivity contribution in [2.24, 2.45) is 5.92 Å². The van der Waals surface area contributed by atoms with E-state index in [1.165, 1.54) is 0 Å². The van der Waals surface area contributed by atoms with E-state index >= 15 is 0 Å². The molecule has 0 aliphatic heterocycles. The maximum atomic E-state index is 11.2. The molecular weight excluding hydrogens is 276 g/mol. The average Bonchev–Trinajstić information content (AvgIpc) is 2.74. The quantitative estimate of drug-likeness (QED) is 0.792. The van der Waals surface area contributed by atoms with Crippen LogP contribution in [0.4, 0.5) is 0 Å². The topological polar surface area (TPSA) is 44.1 Å². The van der Waals surface area contributed by atoms with Gasteiger partial charge in [0.05, 0.1) is 24.1 Å². The summed E-state index contributed by atoms with van der Waals surface area (Å²) in [4.78, 5) is 11.2. The third kappa shape index (κ3) is 2.85. The molecule has 0 saturated heterocycles. The zero-order valence-corrected chi connectivity index (χ0v) is 12.5. The van der Waals surface area contributed by atoms with Gasteiger partial charge >= 0.3 is 0 Å². The van der Waals surface area contributed by atoms with E-state index in [4.69, 9.17) is 16.3 Å². The summed E-state index contributed by atoms with van der Waals surface area (Å²) < 4.78 is 6.70. The van der Waals surface area contributed by atoms with Crippen LogP contribution in [0.3, 0.4) is 0 Å². The molecule has 0 aliphatic rings. The van der Waals surface area contributed by atoms with Crippen molar-refractivity contribution >= 4 is 17.9 Å². The molecule has 0 aliphatic carbocycles. The number of halogens is 1. The molecule has 0 saturated carbocycles. The van der Waals surface area contributed by atoms with Crippen molar-refractivity contribution in [1.29, 1.82) is 0 Å². The van der Waals surface area contributed by atoms with Gasteiger partial charge in [0.2, 0.25) is 0 Å². The Balaban J connectivity index is 2.45. The van der Waals surface area contributed by atoms with Crippen LogP contribution in [0.25, 0.3) is 5.69 Å². The Morgan fingerprint density at radius 3 is 2.50 bits per heavy atom. The first kappa shape index (κ1) is 14.6. The van der Waals surface area contributed by atoms with Crippen LogP contribution in [0.5, 0.6) is 5.75 Å². The summed E-state index contributed by atoms with van der Waals surface area (Å²) >= 11 is 6.26. The Bertz CT molecular complexity index is 603. The van der Waals surface area contributed by atoms with Crippen LogP contribution in [0.1, 0.15) is 29.9 Å². The Hall–Kier alpha value is -1.81. The smallest absolute Gasteiger partial charge is 0.155 e. The van der Waals surface area contributed by atoms with Gasteiger partial charge in [0.1, 0.15) is 10.9 Å². The fourth-order valence-corrected chi connectivity index (χ4v) is 2.29. The second kappa shape index (κ2) is 6.09. The van der Waals surface area contributed by atoms with Crippen LogP contribution < -0.4 is 4.74 Å². The van der Waals surface area contributed by atoms with E-state index < -0.39 is 0 Å². The van der Waals surface area contributed by atoms with E-state index in [2.05, 4.69) is 18.9 Å². The van der Waals surface area contributed by atoms with Crippen LogP contribution in [-0.4, -0.2) is 23.2 Å². The lowest BCUT2D eigenvalue weighted by Crippen LogP contribution is -2.00. The minimum absolute atomic E-state index is 0.348. The van der Waals surface area contributed by atoms with Gasteiger partial charge in [-0.1, -0.05) is 25.4 Å². The molecule has 2 aromatic rings. The fraction of sp³-hybridized carbons (Fsp3) is 0.333. The van der Waals surface area contributed by atoms with Gasteiger partial charge in [-0.05, 0) is 36.6 Å². The van der Waals surface area contributed by atoms with Crippen LogP contribution in [0.15, 0.2) is 24.3 Å². The van der Waals surface area contributed by atoms with Gasteiger partial charge in [0, 0.05) is 0 Å². The molecule has 0 bridgehead atoms. The number of methoxy groups -OCH3 is 1. The van der Waals surface area contributed by atoms with Gasteiger partial charge in [-0.2, -0.15) is 5.10 Å². The summed E-state index contributed by atoms with van der Waals surface area (Å²) in [5.74, 6) is 1.17. The van der Waals surface area contributed by atoms with Gasteiger partial charge in [0.15, 0.2) is 6.29 Å². The summed E-state index contributed by atoms with van der Waals surface area (Å²) in [6.07, 6.45) is 1.49. The maximum absolute atomic E-state index is 11.2. The molecule has 0 fully saturated rings. The first-order chi connectivity index (χ1) is 9.56. The molecule has 0 unspecified atom stereocenters. The number of aldehydes is 1. The van der Waals surface area contributed by atoms with Gasteiger partial charge in [0.25, 0.3) is 0 Å². The summed E-state index contributed by atoms with van der Waals surface area (Å²) in [5, 5.41) is 4.81. The number of ether oxygens (including phenoxy) is 1. The predicted molar refractivity (Wildman–Crippen MR) is 79.1 cm³/mol. The highest BCUT2D eigenvalue weighted by atomic mass is 35.5. The highest BCUT2D eigenvalue weighted by Gasteiger charge is 2.17. The number of rotatable bonds is 5. The van der Waals surface area contributed by atoms with Crippen LogP contribution in [-0.2, 0) is 6.42 Å². The van der Waals surface area contributed by atoms with Crippen molar-refractivity contribution in [2.75, 3.05) is 7.11 Å². The molecule has 1 aromatic carbocycles. The normalized spacial score (nSPS) is 10.8. The largest absolute Gasteiger partial charge is 0.497 e. The lowest BCUT2D eigenvalue weighted by Gasteiger charge is -2.04. The SMILES string of the molecule is COc1ccc(-n2nc(CC(C)C)c(C=O)c2Cl)cc1. The van der Waals surface area contributed by atoms with E-state index in [9.17, 15) is 4.79 Å². The number of hydrogen-bond donors (Lipinski definition) is 0. The second-order valence-corrected chi connectivity index (χ2v) is 5.33. The Kier molecular flexibility index (Phi) is 4.45. The Morgan fingerprint density at radius 2 is 2.00 bits per heavy atom. The highest BCUT2D eigenvalue weighted by molar-refractivity contribution is 6.32. The average molecular weight is 293 g/mol. The number of carbonyl (C=O) groups excluding carboxylic acids is 1. The van der Waals surface area contributed by atoms with E-state index in [0.717, 1.165) is 29.8 Å². The highest BCUT2D eigenvalue weighted by Crippen LogP contribution is 2.25. The zero-order valence-electron chi connectivity index (χ0n) is 11.8. The number of carbonyl (C=O) groups is 1. The molecule has 5 heteroatoms.